The number of allylic oxidation sites excluding steroid dienone is 2. The van der Waals surface area contributed by atoms with Gasteiger partial charge in [-0.1, -0.05) is 12.2 Å². The zero-order chi connectivity index (χ0) is 13.4. The van der Waals surface area contributed by atoms with E-state index in [-0.39, 0.29) is 13.2 Å². The average molecular weight is 271 g/mol. The summed E-state index contributed by atoms with van der Waals surface area (Å²) < 4.78 is 8.37. The standard InChI is InChI=1S/C4H4Cl2O4.2C3H6/c5-3(7)9-1-2-10-4(6)8;2*1-3-2/h1-2H2;2*3H,1H2,2H3. The van der Waals surface area contributed by atoms with Gasteiger partial charge in [-0.25, -0.2) is 9.59 Å². The van der Waals surface area contributed by atoms with Gasteiger partial charge in [0.25, 0.3) is 0 Å². The van der Waals surface area contributed by atoms with E-state index in [0.717, 1.165) is 0 Å². The van der Waals surface area contributed by atoms with Crippen molar-refractivity contribution in [1.82, 2.24) is 0 Å². The van der Waals surface area contributed by atoms with Crippen LogP contribution in [0.25, 0.3) is 0 Å². The quantitative estimate of drug-likeness (QED) is 0.440. The Bertz CT molecular complexity index is 183. The Morgan fingerprint density at radius 2 is 1.19 bits per heavy atom. The van der Waals surface area contributed by atoms with Crippen LogP contribution in [-0.2, 0) is 9.47 Å². The maximum absolute atomic E-state index is 9.86. The highest BCUT2D eigenvalue weighted by Gasteiger charge is 1.97. The molecule has 0 aromatic rings. The largest absolute Gasteiger partial charge is 0.450 e. The number of rotatable bonds is 3. The minimum Gasteiger partial charge on any atom is -0.450 e. The molecule has 0 saturated carbocycles. The van der Waals surface area contributed by atoms with Crippen molar-refractivity contribution in [3.05, 3.63) is 25.3 Å². The Labute approximate surface area is 106 Å². The van der Waals surface area contributed by atoms with Gasteiger partial charge < -0.3 is 9.47 Å². The molecule has 6 heteroatoms. The molecule has 0 amide bonds. The van der Waals surface area contributed by atoms with E-state index in [9.17, 15) is 9.59 Å². The van der Waals surface area contributed by atoms with Gasteiger partial charge in [-0.2, -0.15) is 0 Å². The van der Waals surface area contributed by atoms with E-state index >= 15 is 0 Å². The molecule has 0 bridgehead atoms. The van der Waals surface area contributed by atoms with Gasteiger partial charge in [-0.3, -0.25) is 0 Å². The third kappa shape index (κ3) is 52.0. The number of carbonyl (C=O) groups is 2. The maximum Gasteiger partial charge on any atom is 0.403 e. The highest BCUT2D eigenvalue weighted by molar-refractivity contribution is 6.61. The highest BCUT2D eigenvalue weighted by Crippen LogP contribution is 1.89. The molecule has 0 aromatic carbocycles. The van der Waals surface area contributed by atoms with Crippen LogP contribution >= 0.6 is 23.2 Å². The van der Waals surface area contributed by atoms with Gasteiger partial charge >= 0.3 is 10.9 Å². The van der Waals surface area contributed by atoms with E-state index in [1.807, 2.05) is 13.8 Å². The molecule has 0 aromatic heterocycles. The van der Waals surface area contributed by atoms with Crippen molar-refractivity contribution in [3.8, 4) is 0 Å². The molecule has 0 N–H and O–H groups in total. The normalized spacial score (nSPS) is 7.00. The second-order valence-corrected chi connectivity index (χ2v) is 2.61. The van der Waals surface area contributed by atoms with Crippen molar-refractivity contribution in [1.29, 1.82) is 0 Å². The number of ether oxygens (including phenoxy) is 2. The Morgan fingerprint density at radius 1 is 1.00 bits per heavy atom. The summed E-state index contributed by atoms with van der Waals surface area (Å²) in [6.45, 7) is 10.3. The smallest absolute Gasteiger partial charge is 0.403 e. The molecule has 0 aliphatic carbocycles. The molecule has 0 saturated heterocycles. The minimum atomic E-state index is -0.939. The number of hydrogen-bond donors (Lipinski definition) is 0. The lowest BCUT2D eigenvalue weighted by molar-refractivity contribution is 0.121. The van der Waals surface area contributed by atoms with Crippen LogP contribution in [0.3, 0.4) is 0 Å². The zero-order valence-electron chi connectivity index (χ0n) is 9.37. The summed E-state index contributed by atoms with van der Waals surface area (Å²) in [4.78, 5) is 19.7. The lowest BCUT2D eigenvalue weighted by Gasteiger charge is -1.98. The second-order valence-electron chi connectivity index (χ2n) is 1.99. The molecule has 0 radical (unpaired) electrons. The fourth-order valence-electron chi connectivity index (χ4n) is 0.244. The maximum atomic E-state index is 9.86. The van der Waals surface area contributed by atoms with Crippen molar-refractivity contribution >= 4 is 34.1 Å². The van der Waals surface area contributed by atoms with Crippen molar-refractivity contribution in [2.75, 3.05) is 13.2 Å². The van der Waals surface area contributed by atoms with Crippen molar-refractivity contribution in [3.63, 3.8) is 0 Å². The lowest BCUT2D eigenvalue weighted by Crippen LogP contribution is -2.06. The third-order valence-electron chi connectivity index (χ3n) is 0.514. The first-order valence-electron chi connectivity index (χ1n) is 4.24. The van der Waals surface area contributed by atoms with Crippen LogP contribution in [0.15, 0.2) is 25.3 Å². The van der Waals surface area contributed by atoms with Crippen LogP contribution < -0.4 is 0 Å². The van der Waals surface area contributed by atoms with Crippen molar-refractivity contribution < 1.29 is 19.1 Å². The van der Waals surface area contributed by atoms with E-state index in [0.29, 0.717) is 0 Å². The summed E-state index contributed by atoms with van der Waals surface area (Å²) in [5.74, 6) is 0. The van der Waals surface area contributed by atoms with Gasteiger partial charge in [-0.15, -0.1) is 13.2 Å². The molecule has 0 aliphatic heterocycles. The molecule has 0 aliphatic rings. The predicted octanol–water partition coefficient (Wildman–Crippen LogP) is 4.12. The molecule has 0 rings (SSSR count). The van der Waals surface area contributed by atoms with Gasteiger partial charge in [0.15, 0.2) is 0 Å². The Kier molecular flexibility index (Phi) is 25.0. The fourth-order valence-corrected chi connectivity index (χ4v) is 0.398. The van der Waals surface area contributed by atoms with E-state index in [1.165, 1.54) is 0 Å². The molecule has 0 unspecified atom stereocenters. The molecule has 16 heavy (non-hydrogen) atoms. The number of hydrogen-bond acceptors (Lipinski definition) is 4. The Balaban J connectivity index is -0.000000235. The van der Waals surface area contributed by atoms with Gasteiger partial charge in [0.05, 0.1) is 0 Å². The van der Waals surface area contributed by atoms with Crippen LogP contribution in [0.1, 0.15) is 13.8 Å². The number of halogens is 2. The van der Waals surface area contributed by atoms with Crippen LogP contribution in [0.4, 0.5) is 9.59 Å². The molecular weight excluding hydrogens is 255 g/mol. The average Bonchev–Trinajstić information content (AvgIpc) is 2.14. The van der Waals surface area contributed by atoms with Crippen molar-refractivity contribution in [2.24, 2.45) is 0 Å². The second kappa shape index (κ2) is 19.6. The summed E-state index contributed by atoms with van der Waals surface area (Å²) in [5.41, 5.74) is -1.88. The SMILES string of the molecule is C=CC.C=CC.O=C(Cl)OCCOC(=O)Cl. The fraction of sp³-hybridized carbons (Fsp3) is 0.400. The first-order chi connectivity index (χ1) is 7.45. The molecule has 0 spiro atoms. The molecule has 0 atom stereocenters. The molecule has 4 nitrogen and oxygen atoms in total. The Hall–Kier alpha value is -1.000. The first-order valence-corrected chi connectivity index (χ1v) is 5.00. The van der Waals surface area contributed by atoms with E-state index < -0.39 is 10.9 Å². The van der Waals surface area contributed by atoms with E-state index in [1.54, 1.807) is 12.2 Å². The monoisotopic (exact) mass is 270 g/mol. The lowest BCUT2D eigenvalue weighted by atomic mass is 10.8. The molecule has 0 heterocycles. The van der Waals surface area contributed by atoms with E-state index in [4.69, 9.17) is 23.2 Å². The molecule has 94 valence electrons. The van der Waals surface area contributed by atoms with Crippen LogP contribution in [0, 0.1) is 0 Å². The summed E-state index contributed by atoms with van der Waals surface area (Å²) in [6, 6.07) is 0. The van der Waals surface area contributed by atoms with Gasteiger partial charge in [-0.05, 0) is 13.8 Å². The molecule has 0 fully saturated rings. The summed E-state index contributed by atoms with van der Waals surface area (Å²) >= 11 is 9.52. The summed E-state index contributed by atoms with van der Waals surface area (Å²) in [7, 11) is 0. The Morgan fingerprint density at radius 3 is 1.31 bits per heavy atom. The van der Waals surface area contributed by atoms with Gasteiger partial charge in [0.1, 0.15) is 13.2 Å². The summed E-state index contributed by atoms with van der Waals surface area (Å²) in [6.07, 6.45) is 3.50. The zero-order valence-corrected chi connectivity index (χ0v) is 10.9. The van der Waals surface area contributed by atoms with Crippen LogP contribution in [0.5, 0.6) is 0 Å². The molecular formula is C10H16Cl2O4. The van der Waals surface area contributed by atoms with Crippen molar-refractivity contribution in [2.45, 2.75) is 13.8 Å². The van der Waals surface area contributed by atoms with Crippen LogP contribution in [0.2, 0.25) is 0 Å². The first kappa shape index (κ1) is 20.4. The predicted molar refractivity (Wildman–Crippen MR) is 66.1 cm³/mol. The van der Waals surface area contributed by atoms with Gasteiger partial charge in [0.2, 0.25) is 0 Å². The van der Waals surface area contributed by atoms with E-state index in [2.05, 4.69) is 22.6 Å². The van der Waals surface area contributed by atoms with Gasteiger partial charge in [0, 0.05) is 23.2 Å². The number of carbonyl (C=O) groups excluding carboxylic acids is 2. The third-order valence-corrected chi connectivity index (χ3v) is 0.733. The topological polar surface area (TPSA) is 52.6 Å². The summed E-state index contributed by atoms with van der Waals surface area (Å²) in [5, 5.41) is 0. The minimum absolute atomic E-state index is 0.0825. The van der Waals surface area contributed by atoms with Crippen LogP contribution in [-0.4, -0.2) is 24.1 Å². The highest BCUT2D eigenvalue weighted by atomic mass is 35.5.